The molecule has 0 bridgehead atoms. The first-order valence-electron chi connectivity index (χ1n) is 5.88. The Morgan fingerprint density at radius 2 is 1.89 bits per heavy atom. The van der Waals surface area contributed by atoms with Crippen molar-refractivity contribution in [3.63, 3.8) is 0 Å². The minimum Gasteiger partial charge on any atom is -0.506 e. The van der Waals surface area contributed by atoms with Gasteiger partial charge in [0.1, 0.15) is 5.75 Å². The van der Waals surface area contributed by atoms with Crippen LogP contribution < -0.4 is 5.32 Å². The second-order valence-electron chi connectivity index (χ2n) is 4.37. The van der Waals surface area contributed by atoms with Crippen molar-refractivity contribution in [1.82, 2.24) is 0 Å². The molecule has 0 aliphatic carbocycles. The third-order valence-corrected chi connectivity index (χ3v) is 2.96. The maximum atomic E-state index is 11.8. The lowest BCUT2D eigenvalue weighted by Crippen LogP contribution is -2.14. The Kier molecular flexibility index (Phi) is 4.07. The highest BCUT2D eigenvalue weighted by atomic mass is 35.5. The highest BCUT2D eigenvalue weighted by Crippen LogP contribution is 2.24. The molecule has 2 N–H and O–H groups in total. The molecule has 0 unspecified atom stereocenters. The van der Waals surface area contributed by atoms with E-state index in [0.29, 0.717) is 10.7 Å². The van der Waals surface area contributed by atoms with Gasteiger partial charge in [-0.2, -0.15) is 0 Å². The number of carbonyl (C=O) groups is 1. The van der Waals surface area contributed by atoms with Crippen molar-refractivity contribution in [2.24, 2.45) is 0 Å². The summed E-state index contributed by atoms with van der Waals surface area (Å²) < 4.78 is 0. The summed E-state index contributed by atoms with van der Waals surface area (Å²) in [6.45, 7) is 1.87. The maximum absolute atomic E-state index is 11.8. The molecule has 0 fully saturated rings. The summed E-state index contributed by atoms with van der Waals surface area (Å²) in [7, 11) is 0. The second kappa shape index (κ2) is 5.76. The summed E-state index contributed by atoms with van der Waals surface area (Å²) in [5.74, 6) is -0.106. The van der Waals surface area contributed by atoms with Gasteiger partial charge in [-0.05, 0) is 42.3 Å². The van der Waals surface area contributed by atoms with E-state index in [1.807, 2.05) is 13.0 Å². The summed E-state index contributed by atoms with van der Waals surface area (Å²) in [5.41, 5.74) is 2.23. The molecule has 1 amide bonds. The topological polar surface area (TPSA) is 49.3 Å². The fourth-order valence-corrected chi connectivity index (χ4v) is 1.86. The molecule has 0 aliphatic rings. The van der Waals surface area contributed by atoms with Crippen LogP contribution in [0.5, 0.6) is 5.75 Å². The van der Waals surface area contributed by atoms with E-state index in [-0.39, 0.29) is 18.1 Å². The van der Waals surface area contributed by atoms with Crippen LogP contribution in [0.15, 0.2) is 42.5 Å². The lowest BCUT2D eigenvalue weighted by Gasteiger charge is -2.08. The van der Waals surface area contributed by atoms with Gasteiger partial charge in [-0.25, -0.2) is 0 Å². The quantitative estimate of drug-likeness (QED) is 0.842. The summed E-state index contributed by atoms with van der Waals surface area (Å²) in [5, 5.41) is 13.0. The molecule has 3 nitrogen and oxygen atoms in total. The van der Waals surface area contributed by atoms with Gasteiger partial charge in [-0.15, -0.1) is 0 Å². The Morgan fingerprint density at radius 3 is 2.53 bits per heavy atom. The van der Waals surface area contributed by atoms with Crippen LogP contribution in [0.3, 0.4) is 0 Å². The number of phenolic OH excluding ortho intramolecular Hbond substituents is 1. The van der Waals surface area contributed by atoms with E-state index in [9.17, 15) is 9.90 Å². The van der Waals surface area contributed by atoms with E-state index in [1.54, 1.807) is 36.4 Å². The van der Waals surface area contributed by atoms with Gasteiger partial charge in [0.05, 0.1) is 12.1 Å². The van der Waals surface area contributed by atoms with Crippen molar-refractivity contribution in [1.29, 1.82) is 0 Å². The summed E-state index contributed by atoms with van der Waals surface area (Å²) >= 11 is 5.78. The van der Waals surface area contributed by atoms with Crippen molar-refractivity contribution in [2.75, 3.05) is 5.32 Å². The van der Waals surface area contributed by atoms with E-state index in [2.05, 4.69) is 5.32 Å². The van der Waals surface area contributed by atoms with Gasteiger partial charge in [0.25, 0.3) is 0 Å². The standard InChI is InChI=1S/C15H14ClNO2/c1-10-2-7-13(14(18)8-10)17-15(19)9-11-3-5-12(16)6-4-11/h2-8,18H,9H2,1H3,(H,17,19). The molecule has 2 rings (SSSR count). The van der Waals surface area contributed by atoms with Gasteiger partial charge >= 0.3 is 0 Å². The molecule has 4 heteroatoms. The molecule has 98 valence electrons. The zero-order valence-electron chi connectivity index (χ0n) is 10.5. The van der Waals surface area contributed by atoms with Crippen LogP contribution in [0.25, 0.3) is 0 Å². The zero-order valence-corrected chi connectivity index (χ0v) is 11.2. The Balaban J connectivity index is 2.03. The number of aromatic hydroxyl groups is 1. The van der Waals surface area contributed by atoms with Gasteiger partial charge in [0.2, 0.25) is 5.91 Å². The molecule has 2 aromatic carbocycles. The number of benzene rings is 2. The molecule has 0 aromatic heterocycles. The van der Waals surface area contributed by atoms with Crippen LogP contribution in [0.1, 0.15) is 11.1 Å². The van der Waals surface area contributed by atoms with Crippen LogP contribution in [0, 0.1) is 6.92 Å². The second-order valence-corrected chi connectivity index (χ2v) is 4.81. The molecule has 0 radical (unpaired) electrons. The molecule has 0 saturated carbocycles. The number of anilines is 1. The lowest BCUT2D eigenvalue weighted by molar-refractivity contribution is -0.115. The predicted octanol–water partition coefficient (Wildman–Crippen LogP) is 3.54. The molecule has 2 aromatic rings. The van der Waals surface area contributed by atoms with Crippen molar-refractivity contribution in [3.8, 4) is 5.75 Å². The molecule has 0 saturated heterocycles. The van der Waals surface area contributed by atoms with Crippen LogP contribution in [0.2, 0.25) is 5.02 Å². The minimum absolute atomic E-state index is 0.0736. The molecule has 0 spiro atoms. The Morgan fingerprint density at radius 1 is 1.21 bits per heavy atom. The average molecular weight is 276 g/mol. The van der Waals surface area contributed by atoms with Gasteiger partial charge in [0, 0.05) is 5.02 Å². The predicted molar refractivity (Wildman–Crippen MR) is 76.6 cm³/mol. The van der Waals surface area contributed by atoms with E-state index in [1.165, 1.54) is 0 Å². The molecular weight excluding hydrogens is 262 g/mol. The molecule has 0 atom stereocenters. The fraction of sp³-hybridized carbons (Fsp3) is 0.133. The van der Waals surface area contributed by atoms with Gasteiger partial charge in [-0.3, -0.25) is 4.79 Å². The largest absolute Gasteiger partial charge is 0.506 e. The Hall–Kier alpha value is -2.00. The Labute approximate surface area is 116 Å². The maximum Gasteiger partial charge on any atom is 0.228 e. The van der Waals surface area contributed by atoms with Crippen molar-refractivity contribution >= 4 is 23.2 Å². The summed E-state index contributed by atoms with van der Waals surface area (Å²) in [6.07, 6.45) is 0.241. The van der Waals surface area contributed by atoms with Crippen molar-refractivity contribution in [2.45, 2.75) is 13.3 Å². The van der Waals surface area contributed by atoms with Crippen LogP contribution in [-0.2, 0) is 11.2 Å². The molecule has 0 heterocycles. The van der Waals surface area contributed by atoms with Gasteiger partial charge in [0.15, 0.2) is 0 Å². The number of nitrogens with one attached hydrogen (secondary N) is 1. The fourth-order valence-electron chi connectivity index (χ4n) is 1.73. The number of hydrogen-bond donors (Lipinski definition) is 2. The number of phenols is 1. The number of aryl methyl sites for hydroxylation is 1. The van der Waals surface area contributed by atoms with Gasteiger partial charge in [-0.1, -0.05) is 29.8 Å². The Bertz CT molecular complexity index is 594. The number of amides is 1. The number of halogens is 1. The SMILES string of the molecule is Cc1ccc(NC(=O)Cc2ccc(Cl)cc2)c(O)c1. The highest BCUT2D eigenvalue weighted by molar-refractivity contribution is 6.30. The molecule has 0 aliphatic heterocycles. The van der Waals surface area contributed by atoms with E-state index in [0.717, 1.165) is 11.1 Å². The van der Waals surface area contributed by atoms with Crippen molar-refractivity contribution in [3.05, 3.63) is 58.6 Å². The third kappa shape index (κ3) is 3.73. The summed E-state index contributed by atoms with van der Waals surface area (Å²) in [6, 6.07) is 12.2. The molecule has 19 heavy (non-hydrogen) atoms. The first kappa shape index (κ1) is 13.4. The normalized spacial score (nSPS) is 10.2. The van der Waals surface area contributed by atoms with E-state index in [4.69, 9.17) is 11.6 Å². The monoisotopic (exact) mass is 275 g/mol. The number of rotatable bonds is 3. The first-order valence-corrected chi connectivity index (χ1v) is 6.26. The van der Waals surface area contributed by atoms with Crippen molar-refractivity contribution < 1.29 is 9.90 Å². The lowest BCUT2D eigenvalue weighted by atomic mass is 10.1. The summed E-state index contributed by atoms with van der Waals surface area (Å²) in [4.78, 5) is 11.8. The van der Waals surface area contributed by atoms with Crippen LogP contribution in [0.4, 0.5) is 5.69 Å². The average Bonchev–Trinajstić information content (AvgIpc) is 2.36. The molecular formula is C15H14ClNO2. The number of carbonyl (C=O) groups excluding carboxylic acids is 1. The van der Waals surface area contributed by atoms with E-state index >= 15 is 0 Å². The smallest absolute Gasteiger partial charge is 0.228 e. The van der Waals surface area contributed by atoms with E-state index < -0.39 is 0 Å². The first-order chi connectivity index (χ1) is 9.04. The van der Waals surface area contributed by atoms with Crippen LogP contribution in [-0.4, -0.2) is 11.0 Å². The third-order valence-electron chi connectivity index (χ3n) is 2.71. The highest BCUT2D eigenvalue weighted by Gasteiger charge is 2.07. The van der Waals surface area contributed by atoms with Crippen LogP contribution >= 0.6 is 11.6 Å². The van der Waals surface area contributed by atoms with Gasteiger partial charge < -0.3 is 10.4 Å². The number of hydrogen-bond acceptors (Lipinski definition) is 2. The minimum atomic E-state index is -0.179. The zero-order chi connectivity index (χ0) is 13.8.